The first-order chi connectivity index (χ1) is 8.70. The summed E-state index contributed by atoms with van der Waals surface area (Å²) in [6.07, 6.45) is 1.52. The van der Waals surface area contributed by atoms with Gasteiger partial charge in [-0.05, 0) is 27.2 Å². The van der Waals surface area contributed by atoms with Crippen LogP contribution in [0.5, 0.6) is 0 Å². The Morgan fingerprint density at radius 3 is 2.16 bits per heavy atom. The summed E-state index contributed by atoms with van der Waals surface area (Å²) in [5, 5.41) is 8.55. The van der Waals surface area contributed by atoms with Gasteiger partial charge in [-0.25, -0.2) is 9.59 Å². The van der Waals surface area contributed by atoms with E-state index in [1.807, 2.05) is 6.92 Å². The summed E-state index contributed by atoms with van der Waals surface area (Å²) in [5.41, 5.74) is -0.682. The van der Waals surface area contributed by atoms with Crippen LogP contribution in [-0.4, -0.2) is 36.2 Å². The minimum atomic E-state index is -1.19. The molecule has 0 saturated carbocycles. The molecule has 0 aromatic rings. The van der Waals surface area contributed by atoms with E-state index in [2.05, 4.69) is 0 Å². The fourth-order valence-corrected chi connectivity index (χ4v) is 0.897. The van der Waals surface area contributed by atoms with Crippen LogP contribution >= 0.6 is 0 Å². The first kappa shape index (κ1) is 17.2. The molecule has 0 aromatic carbocycles. The van der Waals surface area contributed by atoms with Crippen molar-refractivity contribution in [1.29, 1.82) is 0 Å². The van der Waals surface area contributed by atoms with Crippen LogP contribution < -0.4 is 0 Å². The first-order valence-corrected chi connectivity index (χ1v) is 5.96. The molecule has 0 radical (unpaired) electrons. The third-order valence-corrected chi connectivity index (χ3v) is 2.67. The van der Waals surface area contributed by atoms with Gasteiger partial charge in [0.2, 0.25) is 0 Å². The normalized spacial score (nSPS) is 11.9. The first-order valence-electron chi connectivity index (χ1n) is 5.96. The highest BCUT2D eigenvalue weighted by Crippen LogP contribution is 2.21. The second-order valence-electron chi connectivity index (χ2n) is 4.67. The predicted molar refractivity (Wildman–Crippen MR) is 67.4 cm³/mol. The van der Waals surface area contributed by atoms with Gasteiger partial charge in [0.05, 0.1) is 5.41 Å². The Morgan fingerprint density at radius 1 is 1.16 bits per heavy atom. The molecule has 0 spiro atoms. The van der Waals surface area contributed by atoms with Crippen molar-refractivity contribution in [1.82, 2.24) is 0 Å². The van der Waals surface area contributed by atoms with Gasteiger partial charge < -0.3 is 14.6 Å². The van der Waals surface area contributed by atoms with Gasteiger partial charge in [-0.15, -0.1) is 0 Å². The van der Waals surface area contributed by atoms with Gasteiger partial charge in [0.1, 0.15) is 13.2 Å². The Morgan fingerprint density at radius 2 is 1.68 bits per heavy atom. The molecule has 0 bridgehead atoms. The quantitative estimate of drug-likeness (QED) is 0.429. The van der Waals surface area contributed by atoms with Crippen LogP contribution in [-0.2, 0) is 23.9 Å². The number of carbonyl (C=O) groups is 3. The van der Waals surface area contributed by atoms with Gasteiger partial charge in [-0.3, -0.25) is 4.79 Å². The second kappa shape index (κ2) is 7.56. The molecule has 1 N–H and O–H groups in total. The summed E-state index contributed by atoms with van der Waals surface area (Å²) in [6.45, 7) is 6.54. The fraction of sp³-hybridized carbons (Fsp3) is 0.615. The summed E-state index contributed by atoms with van der Waals surface area (Å²) in [7, 11) is 0. The summed E-state index contributed by atoms with van der Waals surface area (Å²) >= 11 is 0. The van der Waals surface area contributed by atoms with Crippen LogP contribution in [0.25, 0.3) is 0 Å². The number of ether oxygens (including phenoxy) is 2. The molecule has 0 fully saturated rings. The van der Waals surface area contributed by atoms with Crippen LogP contribution in [0.3, 0.4) is 0 Å². The molecule has 0 heterocycles. The number of aliphatic carboxylic acids is 1. The number of rotatable bonds is 7. The maximum Gasteiger partial charge on any atom is 0.331 e. The zero-order valence-corrected chi connectivity index (χ0v) is 11.7. The van der Waals surface area contributed by atoms with Crippen LogP contribution in [0.1, 0.15) is 34.1 Å². The average Bonchev–Trinajstić information content (AvgIpc) is 2.33. The summed E-state index contributed by atoms with van der Waals surface area (Å²) in [6, 6.07) is 0. The highest BCUT2D eigenvalue weighted by Gasteiger charge is 2.26. The topological polar surface area (TPSA) is 89.9 Å². The molecule has 0 aliphatic carbocycles. The Labute approximate surface area is 112 Å². The number of carboxylic acids is 1. The highest BCUT2D eigenvalue weighted by atomic mass is 16.6. The third kappa shape index (κ3) is 6.59. The van der Waals surface area contributed by atoms with Crippen LogP contribution in [0.2, 0.25) is 0 Å². The lowest BCUT2D eigenvalue weighted by atomic mass is 9.91. The fourth-order valence-electron chi connectivity index (χ4n) is 0.897. The molecule has 0 atom stereocenters. The molecule has 19 heavy (non-hydrogen) atoms. The number of esters is 2. The molecule has 0 aromatic heterocycles. The van der Waals surface area contributed by atoms with Gasteiger partial charge in [-0.1, -0.05) is 6.92 Å². The summed E-state index contributed by atoms with van der Waals surface area (Å²) in [4.78, 5) is 33.2. The summed E-state index contributed by atoms with van der Waals surface area (Å²) < 4.78 is 9.65. The molecule has 0 saturated heterocycles. The van der Waals surface area contributed by atoms with Gasteiger partial charge in [0, 0.05) is 11.6 Å². The lowest BCUT2D eigenvalue weighted by Crippen LogP contribution is -2.27. The average molecular weight is 272 g/mol. The molecule has 108 valence electrons. The summed E-state index contributed by atoms with van der Waals surface area (Å²) in [5.74, 6) is -2.32. The monoisotopic (exact) mass is 272 g/mol. The Balaban J connectivity index is 4.00. The van der Waals surface area contributed by atoms with E-state index in [4.69, 9.17) is 14.6 Å². The zero-order valence-electron chi connectivity index (χ0n) is 11.7. The van der Waals surface area contributed by atoms with Crippen molar-refractivity contribution in [3.8, 4) is 0 Å². The molecular weight excluding hydrogens is 252 g/mol. The van der Waals surface area contributed by atoms with Crippen molar-refractivity contribution in [3.05, 3.63) is 11.6 Å². The van der Waals surface area contributed by atoms with Gasteiger partial charge in [0.25, 0.3) is 0 Å². The predicted octanol–water partition coefficient (Wildman–Crippen LogP) is 1.54. The number of carbonyl (C=O) groups excluding carboxylic acids is 2. The van der Waals surface area contributed by atoms with Gasteiger partial charge in [-0.2, -0.15) is 0 Å². The zero-order chi connectivity index (χ0) is 15.1. The van der Waals surface area contributed by atoms with E-state index < -0.39 is 17.4 Å². The third-order valence-electron chi connectivity index (χ3n) is 2.67. The molecule has 0 aliphatic heterocycles. The molecule has 0 unspecified atom stereocenters. The molecule has 0 rings (SSSR count). The van der Waals surface area contributed by atoms with Crippen LogP contribution in [0.15, 0.2) is 11.6 Å². The lowest BCUT2D eigenvalue weighted by molar-refractivity contribution is -0.157. The Hall–Kier alpha value is -1.85. The maximum absolute atomic E-state index is 11.6. The van der Waals surface area contributed by atoms with Crippen molar-refractivity contribution in [2.24, 2.45) is 5.41 Å². The molecule has 0 aliphatic rings. The van der Waals surface area contributed by atoms with E-state index in [1.165, 1.54) is 6.92 Å². The van der Waals surface area contributed by atoms with E-state index in [9.17, 15) is 14.4 Å². The second-order valence-corrected chi connectivity index (χ2v) is 4.67. The number of carboxylic acid groups (broad SMARTS) is 1. The van der Waals surface area contributed by atoms with E-state index in [0.29, 0.717) is 6.42 Å². The van der Waals surface area contributed by atoms with Gasteiger partial charge >= 0.3 is 17.9 Å². The largest absolute Gasteiger partial charge is 0.478 e. The van der Waals surface area contributed by atoms with Crippen molar-refractivity contribution >= 4 is 17.9 Å². The van der Waals surface area contributed by atoms with Crippen molar-refractivity contribution in [2.75, 3.05) is 13.2 Å². The molecule has 0 amide bonds. The minimum absolute atomic E-state index is 0.0477. The minimum Gasteiger partial charge on any atom is -0.478 e. The van der Waals surface area contributed by atoms with E-state index in [1.54, 1.807) is 13.8 Å². The SMILES string of the molecule is CCC(C)(C)C(=O)OCCOC(=O)/C=C(\C)C(=O)O. The van der Waals surface area contributed by atoms with E-state index in [0.717, 1.165) is 6.08 Å². The Bertz CT molecular complexity index is 381. The van der Waals surface area contributed by atoms with E-state index >= 15 is 0 Å². The van der Waals surface area contributed by atoms with Crippen molar-refractivity contribution < 1.29 is 29.0 Å². The molecular formula is C13H20O6. The lowest BCUT2D eigenvalue weighted by Gasteiger charge is -2.20. The van der Waals surface area contributed by atoms with Crippen LogP contribution in [0, 0.1) is 5.41 Å². The maximum atomic E-state index is 11.6. The molecule has 6 nitrogen and oxygen atoms in total. The van der Waals surface area contributed by atoms with E-state index in [-0.39, 0.29) is 24.8 Å². The number of hydrogen-bond acceptors (Lipinski definition) is 5. The standard InChI is InChI=1S/C13H20O6/c1-5-13(3,4)12(17)19-7-6-18-10(14)8-9(2)11(15)16/h8H,5-7H2,1-4H3,(H,15,16)/b9-8+. The van der Waals surface area contributed by atoms with Crippen molar-refractivity contribution in [3.63, 3.8) is 0 Å². The smallest absolute Gasteiger partial charge is 0.331 e. The Kier molecular flexibility index (Phi) is 6.82. The number of hydrogen-bond donors (Lipinski definition) is 1. The molecule has 6 heteroatoms. The van der Waals surface area contributed by atoms with Gasteiger partial charge in [0.15, 0.2) is 0 Å². The highest BCUT2D eigenvalue weighted by molar-refractivity contribution is 5.94. The van der Waals surface area contributed by atoms with Crippen molar-refractivity contribution in [2.45, 2.75) is 34.1 Å². The van der Waals surface area contributed by atoms with Crippen LogP contribution in [0.4, 0.5) is 0 Å².